The van der Waals surface area contributed by atoms with Crippen LogP contribution in [0.3, 0.4) is 0 Å². The highest BCUT2D eigenvalue weighted by atomic mass is 16.5. The predicted octanol–water partition coefficient (Wildman–Crippen LogP) is 3.36. The zero-order valence-electron chi connectivity index (χ0n) is 11.6. The Morgan fingerprint density at radius 1 is 1.00 bits per heavy atom. The molecule has 2 saturated carbocycles. The fraction of sp³-hybridized carbons (Fsp3) is 1.00. The molecule has 0 spiro atoms. The normalized spacial score (nSPS) is 35.3. The molecule has 2 aliphatic carbocycles. The zero-order valence-corrected chi connectivity index (χ0v) is 11.6. The molecule has 0 aromatic carbocycles. The summed E-state index contributed by atoms with van der Waals surface area (Å²) in [6, 6.07) is 0.780. The molecule has 0 bridgehead atoms. The number of nitrogens with one attached hydrogen (secondary N) is 1. The third kappa shape index (κ3) is 4.59. The van der Waals surface area contributed by atoms with Gasteiger partial charge in [-0.25, -0.2) is 0 Å². The highest BCUT2D eigenvalue weighted by molar-refractivity contribution is 4.76. The van der Waals surface area contributed by atoms with Crippen LogP contribution in [0.15, 0.2) is 0 Å². The molecule has 100 valence electrons. The van der Waals surface area contributed by atoms with E-state index in [4.69, 9.17) is 4.74 Å². The van der Waals surface area contributed by atoms with E-state index in [0.717, 1.165) is 31.0 Å². The van der Waals surface area contributed by atoms with Crippen LogP contribution >= 0.6 is 0 Å². The molecule has 2 atom stereocenters. The Bertz CT molecular complexity index is 203. The van der Waals surface area contributed by atoms with Gasteiger partial charge >= 0.3 is 0 Å². The first-order valence-corrected chi connectivity index (χ1v) is 7.59. The second-order valence-electron chi connectivity index (χ2n) is 6.35. The van der Waals surface area contributed by atoms with Gasteiger partial charge in [-0.05, 0) is 43.9 Å². The van der Waals surface area contributed by atoms with E-state index in [1.807, 2.05) is 0 Å². The Labute approximate surface area is 107 Å². The predicted molar refractivity (Wildman–Crippen MR) is 72.2 cm³/mol. The topological polar surface area (TPSA) is 21.3 Å². The summed E-state index contributed by atoms with van der Waals surface area (Å²) in [6.07, 6.45) is 10.0. The molecule has 2 unspecified atom stereocenters. The molecule has 2 aliphatic rings. The van der Waals surface area contributed by atoms with Crippen molar-refractivity contribution >= 4 is 0 Å². The van der Waals surface area contributed by atoms with Gasteiger partial charge in [0.1, 0.15) is 0 Å². The molecule has 2 nitrogen and oxygen atoms in total. The van der Waals surface area contributed by atoms with Crippen molar-refractivity contribution in [1.29, 1.82) is 0 Å². The molecule has 0 aliphatic heterocycles. The van der Waals surface area contributed by atoms with E-state index in [2.05, 4.69) is 19.2 Å². The van der Waals surface area contributed by atoms with Crippen molar-refractivity contribution in [2.24, 2.45) is 11.8 Å². The Kier molecular flexibility index (Phi) is 5.30. The molecule has 0 heterocycles. The fourth-order valence-corrected chi connectivity index (χ4v) is 3.63. The molecule has 0 aromatic rings. The van der Waals surface area contributed by atoms with Crippen LogP contribution in [0.25, 0.3) is 0 Å². The monoisotopic (exact) mass is 239 g/mol. The van der Waals surface area contributed by atoms with Crippen LogP contribution in [0.2, 0.25) is 0 Å². The van der Waals surface area contributed by atoms with Crippen LogP contribution in [0, 0.1) is 11.8 Å². The maximum atomic E-state index is 6.02. The average Bonchev–Trinajstić information content (AvgIpc) is 2.76. The number of rotatable bonds is 5. The fourth-order valence-electron chi connectivity index (χ4n) is 3.63. The minimum absolute atomic E-state index is 0.527. The lowest BCUT2D eigenvalue weighted by Crippen LogP contribution is -2.32. The third-order valence-electron chi connectivity index (χ3n) is 4.38. The number of hydrogen-bond acceptors (Lipinski definition) is 2. The SMILES string of the molecule is CC1CC(C)CC(OCCNC2CCCC2)C1. The smallest absolute Gasteiger partial charge is 0.0594 e. The molecule has 0 saturated heterocycles. The van der Waals surface area contributed by atoms with E-state index < -0.39 is 0 Å². The van der Waals surface area contributed by atoms with Crippen molar-refractivity contribution in [3.05, 3.63) is 0 Å². The molecule has 2 heteroatoms. The van der Waals surface area contributed by atoms with E-state index in [1.165, 1.54) is 44.9 Å². The molecule has 0 radical (unpaired) electrons. The van der Waals surface area contributed by atoms with Crippen LogP contribution in [-0.2, 0) is 4.74 Å². The molecule has 0 amide bonds. The first-order chi connectivity index (χ1) is 8.24. The van der Waals surface area contributed by atoms with Crippen LogP contribution in [0.5, 0.6) is 0 Å². The molecule has 2 fully saturated rings. The van der Waals surface area contributed by atoms with E-state index in [-0.39, 0.29) is 0 Å². The lowest BCUT2D eigenvalue weighted by atomic mass is 9.82. The van der Waals surface area contributed by atoms with Crippen molar-refractivity contribution < 1.29 is 4.74 Å². The van der Waals surface area contributed by atoms with Crippen LogP contribution in [0.1, 0.15) is 58.8 Å². The quantitative estimate of drug-likeness (QED) is 0.743. The Balaban J connectivity index is 1.54. The maximum absolute atomic E-state index is 6.02. The van der Waals surface area contributed by atoms with Crippen LogP contribution in [-0.4, -0.2) is 25.3 Å². The maximum Gasteiger partial charge on any atom is 0.0594 e. The van der Waals surface area contributed by atoms with Crippen molar-refractivity contribution in [1.82, 2.24) is 5.32 Å². The molecule has 17 heavy (non-hydrogen) atoms. The van der Waals surface area contributed by atoms with Gasteiger partial charge in [-0.1, -0.05) is 26.7 Å². The van der Waals surface area contributed by atoms with Gasteiger partial charge in [0.15, 0.2) is 0 Å². The minimum atomic E-state index is 0.527. The molecular formula is C15H29NO. The standard InChI is InChI=1S/C15H29NO/c1-12-9-13(2)11-15(10-12)17-8-7-16-14-5-3-4-6-14/h12-16H,3-11H2,1-2H3. The average molecular weight is 239 g/mol. The largest absolute Gasteiger partial charge is 0.377 e. The summed E-state index contributed by atoms with van der Waals surface area (Å²) in [5.41, 5.74) is 0. The lowest BCUT2D eigenvalue weighted by Gasteiger charge is -2.31. The summed E-state index contributed by atoms with van der Waals surface area (Å²) >= 11 is 0. The second kappa shape index (κ2) is 6.75. The van der Waals surface area contributed by atoms with E-state index in [0.29, 0.717) is 6.10 Å². The van der Waals surface area contributed by atoms with Gasteiger partial charge in [0.05, 0.1) is 12.7 Å². The van der Waals surface area contributed by atoms with Crippen molar-refractivity contribution in [2.75, 3.05) is 13.2 Å². The zero-order chi connectivity index (χ0) is 12.1. The molecular weight excluding hydrogens is 210 g/mol. The summed E-state index contributed by atoms with van der Waals surface area (Å²) < 4.78 is 6.02. The van der Waals surface area contributed by atoms with Gasteiger partial charge in [-0.2, -0.15) is 0 Å². The first kappa shape index (κ1) is 13.4. The summed E-state index contributed by atoms with van der Waals surface area (Å²) in [4.78, 5) is 0. The number of ether oxygens (including phenoxy) is 1. The van der Waals surface area contributed by atoms with Gasteiger partial charge in [-0.3, -0.25) is 0 Å². The van der Waals surface area contributed by atoms with Gasteiger partial charge in [0.25, 0.3) is 0 Å². The van der Waals surface area contributed by atoms with Crippen LogP contribution < -0.4 is 5.32 Å². The molecule has 2 rings (SSSR count). The van der Waals surface area contributed by atoms with Crippen molar-refractivity contribution in [3.8, 4) is 0 Å². The Hall–Kier alpha value is -0.0800. The van der Waals surface area contributed by atoms with Gasteiger partial charge < -0.3 is 10.1 Å². The van der Waals surface area contributed by atoms with E-state index in [9.17, 15) is 0 Å². The highest BCUT2D eigenvalue weighted by Gasteiger charge is 2.24. The Morgan fingerprint density at radius 2 is 1.65 bits per heavy atom. The lowest BCUT2D eigenvalue weighted by molar-refractivity contribution is 0.00206. The van der Waals surface area contributed by atoms with Gasteiger partial charge in [0.2, 0.25) is 0 Å². The Morgan fingerprint density at radius 3 is 2.29 bits per heavy atom. The van der Waals surface area contributed by atoms with E-state index in [1.54, 1.807) is 0 Å². The summed E-state index contributed by atoms with van der Waals surface area (Å²) in [5.74, 6) is 1.71. The van der Waals surface area contributed by atoms with Crippen molar-refractivity contribution in [3.63, 3.8) is 0 Å². The first-order valence-electron chi connectivity index (χ1n) is 7.59. The van der Waals surface area contributed by atoms with Crippen LogP contribution in [0.4, 0.5) is 0 Å². The number of hydrogen-bond donors (Lipinski definition) is 1. The summed E-state index contributed by atoms with van der Waals surface area (Å²) in [6.45, 7) is 6.68. The van der Waals surface area contributed by atoms with Crippen molar-refractivity contribution in [2.45, 2.75) is 70.9 Å². The molecule has 1 N–H and O–H groups in total. The summed E-state index contributed by atoms with van der Waals surface area (Å²) in [7, 11) is 0. The van der Waals surface area contributed by atoms with Gasteiger partial charge in [0, 0.05) is 12.6 Å². The highest BCUT2D eigenvalue weighted by Crippen LogP contribution is 2.30. The van der Waals surface area contributed by atoms with E-state index >= 15 is 0 Å². The van der Waals surface area contributed by atoms with Gasteiger partial charge in [-0.15, -0.1) is 0 Å². The second-order valence-corrected chi connectivity index (χ2v) is 6.35. The minimum Gasteiger partial charge on any atom is -0.377 e. The third-order valence-corrected chi connectivity index (χ3v) is 4.38. The molecule has 0 aromatic heterocycles. The summed E-state index contributed by atoms with van der Waals surface area (Å²) in [5, 5.41) is 3.62.